The Hall–Kier alpha value is -3.75. The summed E-state index contributed by atoms with van der Waals surface area (Å²) in [5.74, 6) is 0.155. The summed E-state index contributed by atoms with van der Waals surface area (Å²) in [6.45, 7) is 6.61. The second kappa shape index (κ2) is 12.5. The monoisotopic (exact) mass is 508 g/mol. The van der Waals surface area contributed by atoms with Crippen molar-refractivity contribution in [1.82, 2.24) is 4.90 Å². The first kappa shape index (κ1) is 26.3. The lowest BCUT2D eigenvalue weighted by Gasteiger charge is -2.38. The van der Waals surface area contributed by atoms with E-state index in [0.29, 0.717) is 11.3 Å². The van der Waals surface area contributed by atoms with Gasteiger partial charge < -0.3 is 29.5 Å². The highest BCUT2D eigenvalue weighted by Gasteiger charge is 2.27. The number of amides is 2. The quantitative estimate of drug-likeness (QED) is 0.518. The van der Waals surface area contributed by atoms with E-state index in [1.165, 1.54) is 0 Å². The van der Waals surface area contributed by atoms with Crippen LogP contribution in [0.1, 0.15) is 43.0 Å². The first-order valence-corrected chi connectivity index (χ1v) is 13.0. The van der Waals surface area contributed by atoms with Gasteiger partial charge >= 0.3 is 5.97 Å². The van der Waals surface area contributed by atoms with Gasteiger partial charge in [0, 0.05) is 57.1 Å². The highest BCUT2D eigenvalue weighted by Crippen LogP contribution is 2.32. The van der Waals surface area contributed by atoms with Gasteiger partial charge in [-0.25, -0.2) is 0 Å². The second-order valence-corrected chi connectivity index (χ2v) is 9.23. The van der Waals surface area contributed by atoms with Crippen LogP contribution in [-0.4, -0.2) is 75.7 Å². The Balaban J connectivity index is 1.49. The van der Waals surface area contributed by atoms with Gasteiger partial charge in [0.25, 0.3) is 5.91 Å². The molecule has 9 heteroatoms. The Morgan fingerprint density at radius 2 is 1.54 bits per heavy atom. The highest BCUT2D eigenvalue weighted by molar-refractivity contribution is 6.02. The van der Waals surface area contributed by atoms with Crippen molar-refractivity contribution in [3.05, 3.63) is 48.0 Å². The maximum atomic E-state index is 13.5. The molecule has 0 radical (unpaired) electrons. The molecule has 2 fully saturated rings. The number of piperazine rings is 1. The minimum Gasteiger partial charge on any atom is -0.495 e. The number of nitrogens with zero attached hydrogens (tertiary/aromatic N) is 3. The van der Waals surface area contributed by atoms with Gasteiger partial charge in [0.2, 0.25) is 5.91 Å². The molecule has 2 aliphatic heterocycles. The molecule has 2 aromatic carbocycles. The van der Waals surface area contributed by atoms with E-state index in [1.54, 1.807) is 20.1 Å². The molecule has 2 amide bonds. The van der Waals surface area contributed by atoms with E-state index in [4.69, 9.17) is 9.47 Å². The molecule has 198 valence electrons. The van der Waals surface area contributed by atoms with E-state index < -0.39 is 5.97 Å². The molecule has 0 spiro atoms. The average Bonchev–Trinajstić information content (AvgIpc) is 3.47. The number of anilines is 3. The molecule has 9 nitrogen and oxygen atoms in total. The van der Waals surface area contributed by atoms with Crippen LogP contribution < -0.4 is 19.9 Å². The van der Waals surface area contributed by atoms with Gasteiger partial charge in [-0.05, 0) is 50.1 Å². The summed E-state index contributed by atoms with van der Waals surface area (Å²) >= 11 is 0. The van der Waals surface area contributed by atoms with Crippen LogP contribution in [0, 0.1) is 0 Å². The molecule has 37 heavy (non-hydrogen) atoms. The van der Waals surface area contributed by atoms with E-state index in [9.17, 15) is 14.4 Å². The summed E-state index contributed by atoms with van der Waals surface area (Å²) in [5, 5.41) is 2.84. The number of methoxy groups -OCH3 is 1. The molecule has 2 heterocycles. The van der Waals surface area contributed by atoms with Crippen molar-refractivity contribution in [2.75, 3.05) is 68.1 Å². The topological polar surface area (TPSA) is 91.4 Å². The molecule has 0 aliphatic carbocycles. The molecule has 2 aromatic rings. The summed E-state index contributed by atoms with van der Waals surface area (Å²) in [6.07, 6.45) is 2.06. The Kier molecular flexibility index (Phi) is 8.87. The fourth-order valence-electron chi connectivity index (χ4n) is 4.90. The Labute approximate surface area is 218 Å². The summed E-state index contributed by atoms with van der Waals surface area (Å²) in [5.41, 5.74) is 3.09. The smallest absolute Gasteiger partial charge is 0.306 e. The summed E-state index contributed by atoms with van der Waals surface area (Å²) in [7, 11) is 1.68. The number of nitrogens with one attached hydrogen (secondary N) is 1. The average molecular weight is 509 g/mol. The van der Waals surface area contributed by atoms with Crippen LogP contribution in [0.4, 0.5) is 17.1 Å². The van der Waals surface area contributed by atoms with Crippen LogP contribution in [0.25, 0.3) is 0 Å². The van der Waals surface area contributed by atoms with Gasteiger partial charge in [-0.2, -0.15) is 0 Å². The van der Waals surface area contributed by atoms with Gasteiger partial charge in [0.15, 0.2) is 0 Å². The zero-order valence-electron chi connectivity index (χ0n) is 21.7. The van der Waals surface area contributed by atoms with Crippen LogP contribution in [-0.2, 0) is 14.3 Å². The van der Waals surface area contributed by atoms with Gasteiger partial charge in [0.1, 0.15) is 5.75 Å². The third kappa shape index (κ3) is 6.53. The number of carbonyl (C=O) groups is 3. The molecule has 0 unspecified atom stereocenters. The van der Waals surface area contributed by atoms with Crippen LogP contribution >= 0.6 is 0 Å². The Morgan fingerprint density at radius 3 is 2.22 bits per heavy atom. The van der Waals surface area contributed by atoms with Crippen molar-refractivity contribution < 1.29 is 23.9 Å². The summed E-state index contributed by atoms with van der Waals surface area (Å²) < 4.78 is 10.4. The first-order valence-electron chi connectivity index (χ1n) is 13.0. The standard InChI is InChI=1S/C28H36N4O5/c1-3-37-27(34)13-12-26(33)29-21-10-11-23(22(20-21)28(35)32-14-6-7-15-32)30-16-18-31(19-17-30)24-8-4-5-9-25(24)36-2/h4-5,8-11,20H,3,6-7,12-19H2,1-2H3,(H,29,33). The maximum absolute atomic E-state index is 13.5. The van der Waals surface area contributed by atoms with Gasteiger partial charge in [-0.3, -0.25) is 14.4 Å². The van der Waals surface area contributed by atoms with Crippen LogP contribution in [0.2, 0.25) is 0 Å². The van der Waals surface area contributed by atoms with Crippen molar-refractivity contribution in [1.29, 1.82) is 0 Å². The number of hydrogen-bond acceptors (Lipinski definition) is 7. The lowest BCUT2D eigenvalue weighted by Crippen LogP contribution is -2.47. The lowest BCUT2D eigenvalue weighted by atomic mass is 10.1. The van der Waals surface area contributed by atoms with E-state index in [1.807, 2.05) is 35.2 Å². The summed E-state index contributed by atoms with van der Waals surface area (Å²) in [4.78, 5) is 43.9. The summed E-state index contributed by atoms with van der Waals surface area (Å²) in [6, 6.07) is 13.5. The zero-order valence-corrected chi connectivity index (χ0v) is 21.7. The molecule has 2 aliphatic rings. The van der Waals surface area contributed by atoms with Crippen LogP contribution in [0.5, 0.6) is 5.75 Å². The fourth-order valence-corrected chi connectivity index (χ4v) is 4.90. The third-order valence-corrected chi connectivity index (χ3v) is 6.81. The van der Waals surface area contributed by atoms with Crippen molar-refractivity contribution >= 4 is 34.8 Å². The van der Waals surface area contributed by atoms with Crippen LogP contribution in [0.3, 0.4) is 0 Å². The molecule has 0 bridgehead atoms. The fraction of sp³-hybridized carbons (Fsp3) is 0.464. The largest absolute Gasteiger partial charge is 0.495 e. The number of benzene rings is 2. The van der Waals surface area contributed by atoms with Crippen molar-refractivity contribution in [2.24, 2.45) is 0 Å². The predicted molar refractivity (Wildman–Crippen MR) is 143 cm³/mol. The van der Waals surface area contributed by atoms with Crippen molar-refractivity contribution in [3.8, 4) is 5.75 Å². The molecule has 2 saturated heterocycles. The molecular weight excluding hydrogens is 472 g/mol. The number of rotatable bonds is 9. The van der Waals surface area contributed by atoms with Gasteiger partial charge in [0.05, 0.1) is 31.4 Å². The number of ether oxygens (including phenoxy) is 2. The predicted octanol–water partition coefficient (Wildman–Crippen LogP) is 3.54. The van der Waals surface area contributed by atoms with Crippen molar-refractivity contribution in [3.63, 3.8) is 0 Å². The van der Waals surface area contributed by atoms with Gasteiger partial charge in [-0.15, -0.1) is 0 Å². The number of esters is 1. The molecule has 0 atom stereocenters. The zero-order chi connectivity index (χ0) is 26.2. The lowest BCUT2D eigenvalue weighted by molar-refractivity contribution is -0.144. The molecular formula is C28H36N4O5. The van der Waals surface area contributed by atoms with E-state index in [0.717, 1.165) is 69.2 Å². The molecule has 4 rings (SSSR count). The highest BCUT2D eigenvalue weighted by atomic mass is 16.5. The Morgan fingerprint density at radius 1 is 0.865 bits per heavy atom. The van der Waals surface area contributed by atoms with Crippen molar-refractivity contribution in [2.45, 2.75) is 32.6 Å². The minimum atomic E-state index is -0.398. The first-order chi connectivity index (χ1) is 18.0. The molecule has 0 aromatic heterocycles. The molecule has 1 N–H and O–H groups in total. The SMILES string of the molecule is CCOC(=O)CCC(=O)Nc1ccc(N2CCN(c3ccccc3OC)CC2)c(C(=O)N2CCCC2)c1. The minimum absolute atomic E-state index is 0.0118. The number of para-hydroxylation sites is 2. The Bertz CT molecular complexity index is 1110. The third-order valence-electron chi connectivity index (χ3n) is 6.81. The normalized spacial score (nSPS) is 15.5. The maximum Gasteiger partial charge on any atom is 0.306 e. The van der Waals surface area contributed by atoms with E-state index in [2.05, 4.69) is 21.2 Å². The van der Waals surface area contributed by atoms with E-state index in [-0.39, 0.29) is 31.3 Å². The van der Waals surface area contributed by atoms with Gasteiger partial charge in [-0.1, -0.05) is 12.1 Å². The number of carbonyl (C=O) groups excluding carboxylic acids is 3. The van der Waals surface area contributed by atoms with Crippen LogP contribution in [0.15, 0.2) is 42.5 Å². The molecule has 0 saturated carbocycles. The second-order valence-electron chi connectivity index (χ2n) is 9.23. The van der Waals surface area contributed by atoms with E-state index >= 15 is 0 Å². The number of hydrogen-bond donors (Lipinski definition) is 1. The number of likely N-dealkylation sites (tertiary alicyclic amines) is 1.